The molecule has 1 aromatic carbocycles. The van der Waals surface area contributed by atoms with Gasteiger partial charge in [0, 0.05) is 23.7 Å². The predicted molar refractivity (Wildman–Crippen MR) is 65.9 cm³/mol. The summed E-state index contributed by atoms with van der Waals surface area (Å²) < 4.78 is 0. The molecule has 0 atom stereocenters. The van der Waals surface area contributed by atoms with Crippen LogP contribution in [0.4, 0.5) is 5.69 Å². The zero-order valence-corrected chi connectivity index (χ0v) is 9.99. The van der Waals surface area contributed by atoms with E-state index < -0.39 is 0 Å². The van der Waals surface area contributed by atoms with E-state index >= 15 is 0 Å². The van der Waals surface area contributed by atoms with Gasteiger partial charge in [0.1, 0.15) is 0 Å². The Morgan fingerprint density at radius 2 is 1.93 bits per heavy atom. The van der Waals surface area contributed by atoms with E-state index in [1.165, 1.54) is 0 Å². The fourth-order valence-electron chi connectivity index (χ4n) is 0.995. The quantitative estimate of drug-likeness (QED) is 0.859. The number of carbonyl (C=O) groups is 1. The van der Waals surface area contributed by atoms with Crippen molar-refractivity contribution < 1.29 is 4.79 Å². The van der Waals surface area contributed by atoms with Gasteiger partial charge in [0.2, 0.25) is 5.91 Å². The lowest BCUT2D eigenvalue weighted by Gasteiger charge is -2.04. The number of nitrogens with one attached hydrogen (secondary N) is 2. The second-order valence-electron chi connectivity index (χ2n) is 2.91. The van der Waals surface area contributed by atoms with Crippen LogP contribution in [-0.2, 0) is 4.79 Å². The third-order valence-electron chi connectivity index (χ3n) is 1.73. The minimum absolute atomic E-state index is 0. The molecule has 0 saturated heterocycles. The fraction of sp³-hybridized carbons (Fsp3) is 0.300. The van der Waals surface area contributed by atoms with Gasteiger partial charge in [-0.15, -0.1) is 12.4 Å². The van der Waals surface area contributed by atoms with Gasteiger partial charge >= 0.3 is 0 Å². The fourth-order valence-corrected chi connectivity index (χ4v) is 1.12. The van der Waals surface area contributed by atoms with Crippen LogP contribution in [0.2, 0.25) is 5.02 Å². The smallest absolute Gasteiger partial charge is 0.225 e. The highest BCUT2D eigenvalue weighted by Crippen LogP contribution is 2.13. The van der Waals surface area contributed by atoms with Crippen LogP contribution in [0, 0.1) is 0 Å². The zero-order chi connectivity index (χ0) is 10.4. The largest absolute Gasteiger partial charge is 0.326 e. The topological polar surface area (TPSA) is 41.1 Å². The van der Waals surface area contributed by atoms with Crippen molar-refractivity contribution in [1.29, 1.82) is 0 Å². The summed E-state index contributed by atoms with van der Waals surface area (Å²) in [6, 6.07) is 7.05. The Balaban J connectivity index is 0.00000196. The monoisotopic (exact) mass is 248 g/mol. The lowest BCUT2D eigenvalue weighted by Crippen LogP contribution is -2.18. The Kier molecular flexibility index (Phi) is 7.13. The van der Waals surface area contributed by atoms with Crippen LogP contribution in [-0.4, -0.2) is 19.5 Å². The van der Waals surface area contributed by atoms with Gasteiger partial charge in [0.15, 0.2) is 0 Å². The van der Waals surface area contributed by atoms with Gasteiger partial charge in [-0.3, -0.25) is 4.79 Å². The van der Waals surface area contributed by atoms with E-state index in [2.05, 4.69) is 10.6 Å². The van der Waals surface area contributed by atoms with Crippen molar-refractivity contribution >= 4 is 35.6 Å². The molecule has 0 aliphatic heterocycles. The van der Waals surface area contributed by atoms with Gasteiger partial charge in [0.05, 0.1) is 0 Å². The number of amides is 1. The van der Waals surface area contributed by atoms with Gasteiger partial charge in [0.25, 0.3) is 0 Å². The number of carbonyl (C=O) groups excluding carboxylic acids is 1. The highest BCUT2D eigenvalue weighted by atomic mass is 35.5. The number of hydrogen-bond acceptors (Lipinski definition) is 2. The Morgan fingerprint density at radius 1 is 1.33 bits per heavy atom. The number of halogens is 2. The normalized spacial score (nSPS) is 9.20. The van der Waals surface area contributed by atoms with Crippen molar-refractivity contribution in [2.45, 2.75) is 6.42 Å². The van der Waals surface area contributed by atoms with Gasteiger partial charge in [-0.1, -0.05) is 11.6 Å². The first-order valence-electron chi connectivity index (χ1n) is 4.42. The van der Waals surface area contributed by atoms with Gasteiger partial charge in [-0.25, -0.2) is 0 Å². The molecular formula is C10H14Cl2N2O. The molecule has 0 bridgehead atoms. The van der Waals surface area contributed by atoms with E-state index in [1.807, 2.05) is 7.05 Å². The third kappa shape index (κ3) is 5.62. The molecule has 5 heteroatoms. The summed E-state index contributed by atoms with van der Waals surface area (Å²) >= 11 is 5.71. The molecule has 1 amide bonds. The van der Waals surface area contributed by atoms with Crippen molar-refractivity contribution in [3.8, 4) is 0 Å². The average Bonchev–Trinajstić information content (AvgIpc) is 2.18. The number of hydrogen-bond donors (Lipinski definition) is 2. The first-order valence-corrected chi connectivity index (χ1v) is 4.80. The van der Waals surface area contributed by atoms with E-state index in [1.54, 1.807) is 24.3 Å². The van der Waals surface area contributed by atoms with Crippen LogP contribution in [0.1, 0.15) is 6.42 Å². The van der Waals surface area contributed by atoms with Gasteiger partial charge < -0.3 is 10.6 Å². The molecule has 0 spiro atoms. The van der Waals surface area contributed by atoms with E-state index in [-0.39, 0.29) is 18.3 Å². The SMILES string of the molecule is CNCCC(=O)Nc1ccc(Cl)cc1.Cl. The van der Waals surface area contributed by atoms with Crippen LogP contribution >= 0.6 is 24.0 Å². The van der Waals surface area contributed by atoms with Gasteiger partial charge in [-0.2, -0.15) is 0 Å². The minimum atomic E-state index is 0. The van der Waals surface area contributed by atoms with Crippen LogP contribution in [0.15, 0.2) is 24.3 Å². The highest BCUT2D eigenvalue weighted by molar-refractivity contribution is 6.30. The molecule has 0 heterocycles. The maximum absolute atomic E-state index is 11.3. The molecule has 3 nitrogen and oxygen atoms in total. The maximum atomic E-state index is 11.3. The van der Waals surface area contributed by atoms with E-state index in [4.69, 9.17) is 11.6 Å². The lowest BCUT2D eigenvalue weighted by atomic mass is 10.3. The average molecular weight is 249 g/mol. The first-order chi connectivity index (χ1) is 6.72. The molecule has 2 N–H and O–H groups in total. The van der Waals surface area contributed by atoms with Crippen molar-refractivity contribution in [2.75, 3.05) is 18.9 Å². The molecule has 0 aliphatic rings. The summed E-state index contributed by atoms with van der Waals surface area (Å²) in [6.45, 7) is 0.680. The molecule has 84 valence electrons. The number of anilines is 1. The first kappa shape index (κ1) is 14.2. The Hall–Kier alpha value is -0.770. The molecule has 0 unspecified atom stereocenters. The third-order valence-corrected chi connectivity index (χ3v) is 1.98. The summed E-state index contributed by atoms with van der Waals surface area (Å²) in [5, 5.41) is 6.34. The second-order valence-corrected chi connectivity index (χ2v) is 3.35. The summed E-state index contributed by atoms with van der Waals surface area (Å²) in [5.74, 6) is 0.00155. The lowest BCUT2D eigenvalue weighted by molar-refractivity contribution is -0.116. The molecule has 0 fully saturated rings. The molecule has 1 rings (SSSR count). The Labute approximate surface area is 101 Å². The predicted octanol–water partition coefficient (Wildman–Crippen LogP) is 2.31. The molecule has 0 aromatic heterocycles. The van der Waals surface area contributed by atoms with E-state index in [9.17, 15) is 4.79 Å². The van der Waals surface area contributed by atoms with Crippen molar-refractivity contribution in [1.82, 2.24) is 5.32 Å². The molecule has 0 saturated carbocycles. The van der Waals surface area contributed by atoms with Crippen LogP contribution in [0.25, 0.3) is 0 Å². The Morgan fingerprint density at radius 3 is 2.47 bits per heavy atom. The van der Waals surface area contributed by atoms with Crippen LogP contribution in [0.3, 0.4) is 0 Å². The van der Waals surface area contributed by atoms with Crippen molar-refractivity contribution in [3.05, 3.63) is 29.3 Å². The number of benzene rings is 1. The number of rotatable bonds is 4. The molecule has 0 radical (unpaired) electrons. The Bertz CT molecular complexity index is 301. The van der Waals surface area contributed by atoms with E-state index in [0.29, 0.717) is 18.0 Å². The summed E-state index contributed by atoms with van der Waals surface area (Å²) in [7, 11) is 1.82. The summed E-state index contributed by atoms with van der Waals surface area (Å²) in [4.78, 5) is 11.3. The van der Waals surface area contributed by atoms with Crippen molar-refractivity contribution in [3.63, 3.8) is 0 Å². The molecule has 0 aliphatic carbocycles. The maximum Gasteiger partial charge on any atom is 0.225 e. The summed E-state index contributed by atoms with van der Waals surface area (Å²) in [5.41, 5.74) is 0.774. The highest BCUT2D eigenvalue weighted by Gasteiger charge is 2.00. The summed E-state index contributed by atoms with van der Waals surface area (Å²) in [6.07, 6.45) is 0.471. The zero-order valence-electron chi connectivity index (χ0n) is 8.42. The second kappa shape index (κ2) is 7.51. The van der Waals surface area contributed by atoms with Crippen LogP contribution in [0.5, 0.6) is 0 Å². The standard InChI is InChI=1S/C10H13ClN2O.ClH/c1-12-7-6-10(14)13-9-4-2-8(11)3-5-9;/h2-5,12H,6-7H2,1H3,(H,13,14);1H. The van der Waals surface area contributed by atoms with E-state index in [0.717, 1.165) is 5.69 Å². The molecule has 1 aromatic rings. The molecule has 15 heavy (non-hydrogen) atoms. The van der Waals surface area contributed by atoms with Crippen molar-refractivity contribution in [2.24, 2.45) is 0 Å². The van der Waals surface area contributed by atoms with Gasteiger partial charge in [-0.05, 0) is 31.3 Å². The molecular weight excluding hydrogens is 235 g/mol. The minimum Gasteiger partial charge on any atom is -0.326 e. The van der Waals surface area contributed by atoms with Crippen LogP contribution < -0.4 is 10.6 Å².